The zero-order chi connectivity index (χ0) is 20.1. The summed E-state index contributed by atoms with van der Waals surface area (Å²) in [7, 11) is 1.61. The predicted octanol–water partition coefficient (Wildman–Crippen LogP) is 1.45. The molecule has 2 aliphatic heterocycles. The lowest BCUT2D eigenvalue weighted by Gasteiger charge is -2.36. The number of anilines is 1. The van der Waals surface area contributed by atoms with E-state index in [4.69, 9.17) is 15.0 Å². The van der Waals surface area contributed by atoms with Crippen LogP contribution in [-0.2, 0) is 9.31 Å². The summed E-state index contributed by atoms with van der Waals surface area (Å²) in [5.41, 5.74) is 9.29. The lowest BCUT2D eigenvalue weighted by molar-refractivity contribution is 0.00578. The monoisotopic (exact) mass is 373 g/mol. The van der Waals surface area contributed by atoms with Crippen molar-refractivity contribution in [3.63, 3.8) is 0 Å². The van der Waals surface area contributed by atoms with Crippen LogP contribution in [-0.4, -0.2) is 62.4 Å². The molecule has 1 aromatic carbocycles. The number of piperazine rings is 1. The number of carbonyl (C=O) groups is 1. The van der Waals surface area contributed by atoms with Gasteiger partial charge in [0.05, 0.1) is 22.5 Å². The summed E-state index contributed by atoms with van der Waals surface area (Å²) in [4.78, 5) is 16.9. The second-order valence-corrected chi connectivity index (χ2v) is 8.87. The van der Waals surface area contributed by atoms with Gasteiger partial charge in [-0.1, -0.05) is 0 Å². The largest absolute Gasteiger partial charge is 0.495 e. The van der Waals surface area contributed by atoms with Crippen molar-refractivity contribution >= 4 is 24.2 Å². The fourth-order valence-electron chi connectivity index (χ4n) is 3.91. The van der Waals surface area contributed by atoms with Gasteiger partial charge in [-0.2, -0.15) is 0 Å². The Balaban J connectivity index is 2.05. The summed E-state index contributed by atoms with van der Waals surface area (Å²) < 4.78 is 12.5. The molecule has 0 unspecified atom stereocenters. The maximum atomic E-state index is 12.4. The van der Waals surface area contributed by atoms with Gasteiger partial charge in [-0.25, -0.2) is 0 Å². The number of likely N-dealkylation sites (N-methyl/N-ethyl adjacent to an activating group) is 1. The number of amides is 1. The number of hydrogen-bond acceptors (Lipinski definition) is 5. The summed E-state index contributed by atoms with van der Waals surface area (Å²) in [5, 5.41) is 0. The standard InChI is InChI=1S/C20H32BN3O3/c1-13-12-15(24-10-8-23(7)9-11-24)16(18(22)25)14(2)17(13)21-26-19(3,4)20(5,6)27-21/h12H,8-11H2,1-7H3,(H2,22,25). The number of rotatable bonds is 3. The molecule has 1 amide bonds. The molecule has 0 bridgehead atoms. The molecule has 0 aromatic heterocycles. The first-order valence-electron chi connectivity index (χ1n) is 9.67. The molecule has 0 aliphatic carbocycles. The molecule has 6 nitrogen and oxygen atoms in total. The molecular weight excluding hydrogens is 341 g/mol. The van der Waals surface area contributed by atoms with Gasteiger partial charge in [-0.3, -0.25) is 4.79 Å². The minimum Gasteiger partial charge on any atom is -0.399 e. The van der Waals surface area contributed by atoms with Crippen molar-refractivity contribution in [3.8, 4) is 0 Å². The number of nitrogens with two attached hydrogens (primary N) is 1. The number of carbonyl (C=O) groups excluding carboxylic acids is 1. The van der Waals surface area contributed by atoms with Crippen molar-refractivity contribution in [2.75, 3.05) is 38.1 Å². The lowest BCUT2D eigenvalue weighted by atomic mass is 9.71. The maximum absolute atomic E-state index is 12.4. The van der Waals surface area contributed by atoms with Crippen LogP contribution in [0.5, 0.6) is 0 Å². The zero-order valence-electron chi connectivity index (χ0n) is 17.7. The highest BCUT2D eigenvalue weighted by molar-refractivity contribution is 6.63. The minimum atomic E-state index is -0.505. The molecular formula is C20H32BN3O3. The first-order chi connectivity index (χ1) is 12.4. The molecule has 2 fully saturated rings. The molecule has 2 saturated heterocycles. The fourth-order valence-corrected chi connectivity index (χ4v) is 3.91. The first-order valence-corrected chi connectivity index (χ1v) is 9.67. The highest BCUT2D eigenvalue weighted by Gasteiger charge is 2.52. The van der Waals surface area contributed by atoms with E-state index in [0.29, 0.717) is 5.56 Å². The Morgan fingerprint density at radius 3 is 2.07 bits per heavy atom. The Hall–Kier alpha value is -1.57. The molecule has 2 N–H and O–H groups in total. The summed E-state index contributed by atoms with van der Waals surface area (Å²) in [6.45, 7) is 15.8. The molecule has 0 spiro atoms. The molecule has 2 heterocycles. The summed E-state index contributed by atoms with van der Waals surface area (Å²) in [6, 6.07) is 2.07. The summed E-state index contributed by atoms with van der Waals surface area (Å²) in [5.74, 6) is -0.404. The third kappa shape index (κ3) is 3.48. The van der Waals surface area contributed by atoms with Crippen LogP contribution in [0.4, 0.5) is 5.69 Å². The van der Waals surface area contributed by atoms with Gasteiger partial charge in [0, 0.05) is 26.2 Å². The van der Waals surface area contributed by atoms with Crippen LogP contribution in [0.2, 0.25) is 0 Å². The molecule has 7 heteroatoms. The number of primary amides is 1. The second-order valence-electron chi connectivity index (χ2n) is 8.87. The SMILES string of the molecule is Cc1cc(N2CCN(C)CC2)c(C(N)=O)c(C)c1B1OC(C)(C)C(C)(C)O1. The van der Waals surface area contributed by atoms with Gasteiger partial charge >= 0.3 is 7.12 Å². The zero-order valence-corrected chi connectivity index (χ0v) is 17.7. The molecule has 0 atom stereocenters. The van der Waals surface area contributed by atoms with Gasteiger partial charge in [0.25, 0.3) is 5.91 Å². The van der Waals surface area contributed by atoms with Crippen molar-refractivity contribution in [1.29, 1.82) is 0 Å². The van der Waals surface area contributed by atoms with Crippen molar-refractivity contribution in [3.05, 3.63) is 22.8 Å². The van der Waals surface area contributed by atoms with Crippen LogP contribution in [0.3, 0.4) is 0 Å². The Kier molecular flexibility index (Phi) is 5.08. The van der Waals surface area contributed by atoms with Crippen LogP contribution in [0.1, 0.15) is 49.2 Å². The highest BCUT2D eigenvalue weighted by Crippen LogP contribution is 2.37. The van der Waals surface area contributed by atoms with E-state index in [1.54, 1.807) is 0 Å². The van der Waals surface area contributed by atoms with Gasteiger partial charge in [0.1, 0.15) is 0 Å². The normalized spacial score (nSPS) is 22.3. The highest BCUT2D eigenvalue weighted by atomic mass is 16.7. The smallest absolute Gasteiger partial charge is 0.399 e. The van der Waals surface area contributed by atoms with E-state index in [1.165, 1.54) is 0 Å². The van der Waals surface area contributed by atoms with E-state index < -0.39 is 24.2 Å². The minimum absolute atomic E-state index is 0.404. The third-order valence-corrected chi connectivity index (χ3v) is 6.39. The van der Waals surface area contributed by atoms with Gasteiger partial charge in [-0.15, -0.1) is 0 Å². The molecule has 0 saturated carbocycles. The van der Waals surface area contributed by atoms with E-state index >= 15 is 0 Å². The molecule has 1 aromatic rings. The van der Waals surface area contributed by atoms with Crippen LogP contribution < -0.4 is 16.1 Å². The Morgan fingerprint density at radius 1 is 1.07 bits per heavy atom. The van der Waals surface area contributed by atoms with E-state index in [9.17, 15) is 4.79 Å². The molecule has 3 rings (SSSR count). The van der Waals surface area contributed by atoms with Gasteiger partial charge in [0.2, 0.25) is 0 Å². The van der Waals surface area contributed by atoms with Crippen LogP contribution >= 0.6 is 0 Å². The average Bonchev–Trinajstić information content (AvgIpc) is 2.74. The topological polar surface area (TPSA) is 68.0 Å². The summed E-state index contributed by atoms with van der Waals surface area (Å²) in [6.07, 6.45) is 0. The molecule has 148 valence electrons. The van der Waals surface area contributed by atoms with Crippen molar-refractivity contribution in [2.45, 2.75) is 52.7 Å². The van der Waals surface area contributed by atoms with E-state index in [1.807, 2.05) is 34.6 Å². The molecule has 0 radical (unpaired) electrons. The first kappa shape index (κ1) is 20.2. The van der Waals surface area contributed by atoms with Gasteiger partial charge in [-0.05, 0) is 71.2 Å². The van der Waals surface area contributed by atoms with Crippen LogP contribution in [0, 0.1) is 13.8 Å². The average molecular weight is 373 g/mol. The lowest BCUT2D eigenvalue weighted by Crippen LogP contribution is -2.46. The Morgan fingerprint density at radius 2 is 1.59 bits per heavy atom. The van der Waals surface area contributed by atoms with Crippen molar-refractivity contribution in [1.82, 2.24) is 4.90 Å². The Bertz CT molecular complexity index is 739. The summed E-state index contributed by atoms with van der Waals surface area (Å²) >= 11 is 0. The van der Waals surface area contributed by atoms with E-state index in [2.05, 4.69) is 29.8 Å². The number of hydrogen-bond donors (Lipinski definition) is 1. The predicted molar refractivity (Wildman–Crippen MR) is 110 cm³/mol. The quantitative estimate of drug-likeness (QED) is 0.813. The van der Waals surface area contributed by atoms with E-state index in [-0.39, 0.29) is 0 Å². The molecule has 27 heavy (non-hydrogen) atoms. The second kappa shape index (κ2) is 6.80. The number of nitrogens with zero attached hydrogens (tertiary/aromatic N) is 2. The van der Waals surface area contributed by atoms with Crippen molar-refractivity contribution in [2.24, 2.45) is 5.73 Å². The number of aryl methyl sites for hydroxylation is 1. The van der Waals surface area contributed by atoms with Crippen LogP contribution in [0.25, 0.3) is 0 Å². The van der Waals surface area contributed by atoms with E-state index in [0.717, 1.165) is 48.5 Å². The molecule has 2 aliphatic rings. The third-order valence-electron chi connectivity index (χ3n) is 6.39. The van der Waals surface area contributed by atoms with Crippen molar-refractivity contribution < 1.29 is 14.1 Å². The number of benzene rings is 1. The fraction of sp³-hybridized carbons (Fsp3) is 0.650. The van der Waals surface area contributed by atoms with Gasteiger partial charge in [0.15, 0.2) is 0 Å². The Labute approximate surface area is 163 Å². The van der Waals surface area contributed by atoms with Gasteiger partial charge < -0.3 is 24.8 Å². The van der Waals surface area contributed by atoms with Crippen LogP contribution in [0.15, 0.2) is 6.07 Å². The maximum Gasteiger partial charge on any atom is 0.495 e.